The molecule has 0 saturated carbocycles. The number of fused-ring (bicyclic) bond motifs is 1. The van der Waals surface area contributed by atoms with Gasteiger partial charge in [-0.15, -0.1) is 12.4 Å². The van der Waals surface area contributed by atoms with Crippen LogP contribution >= 0.6 is 12.4 Å². The van der Waals surface area contributed by atoms with Crippen LogP contribution < -0.4 is 10.6 Å². The predicted molar refractivity (Wildman–Crippen MR) is 101 cm³/mol. The van der Waals surface area contributed by atoms with Gasteiger partial charge in [0.2, 0.25) is 0 Å². The van der Waals surface area contributed by atoms with Gasteiger partial charge in [-0.25, -0.2) is 4.68 Å². The van der Waals surface area contributed by atoms with Crippen LogP contribution in [0.25, 0.3) is 5.69 Å². The van der Waals surface area contributed by atoms with Crippen molar-refractivity contribution in [2.24, 2.45) is 0 Å². The highest BCUT2D eigenvalue weighted by Crippen LogP contribution is 2.28. The van der Waals surface area contributed by atoms with E-state index in [1.165, 1.54) is 17.7 Å². The number of aryl methyl sites for hydroxylation is 1. The Bertz CT molecular complexity index is 765. The van der Waals surface area contributed by atoms with Crippen LogP contribution in [-0.4, -0.2) is 34.8 Å². The fourth-order valence-electron chi connectivity index (χ4n) is 3.85. The Kier molecular flexibility index (Phi) is 5.45. The van der Waals surface area contributed by atoms with Gasteiger partial charge in [-0.2, -0.15) is 5.10 Å². The average Bonchev–Trinajstić information content (AvgIpc) is 3.31. The molecule has 1 unspecified atom stereocenters. The molecule has 1 aromatic heterocycles. The molecule has 1 aromatic carbocycles. The lowest BCUT2D eigenvalue weighted by atomic mass is 10.1. The first-order valence-electron chi connectivity index (χ1n) is 8.92. The fourth-order valence-corrected chi connectivity index (χ4v) is 3.85. The molecule has 134 valence electrons. The molecule has 1 atom stereocenters. The number of carbonyl (C=O) groups excluding carboxylic acids is 1. The quantitative estimate of drug-likeness (QED) is 0.881. The summed E-state index contributed by atoms with van der Waals surface area (Å²) < 4.78 is 1.99. The van der Waals surface area contributed by atoms with Crippen molar-refractivity contribution in [1.29, 1.82) is 0 Å². The highest BCUT2D eigenvalue weighted by Gasteiger charge is 2.27. The third-order valence-corrected chi connectivity index (χ3v) is 5.16. The van der Waals surface area contributed by atoms with E-state index < -0.39 is 0 Å². The second-order valence-corrected chi connectivity index (χ2v) is 6.83. The second kappa shape index (κ2) is 7.58. The van der Waals surface area contributed by atoms with Crippen molar-refractivity contribution in [3.63, 3.8) is 0 Å². The highest BCUT2D eigenvalue weighted by atomic mass is 35.5. The number of hydrogen-bond donors (Lipinski definition) is 2. The summed E-state index contributed by atoms with van der Waals surface area (Å²) in [7, 11) is 0. The van der Waals surface area contributed by atoms with Crippen molar-refractivity contribution < 1.29 is 4.79 Å². The standard InChI is InChI=1S/C19H24N4O.ClH/c1-13-6-2-3-9-16(13)23-17-10-4-8-15(17)18(22-23)19(24)21-12-14-7-5-11-20-14;/h2-3,6,9,14,20H,4-5,7-8,10-12H2,1H3,(H,21,24);1H. The molecule has 0 radical (unpaired) electrons. The molecule has 4 rings (SSSR count). The number of halogens is 1. The molecule has 1 aliphatic carbocycles. The van der Waals surface area contributed by atoms with Gasteiger partial charge in [0.15, 0.2) is 5.69 Å². The molecule has 1 aliphatic heterocycles. The van der Waals surface area contributed by atoms with Crippen molar-refractivity contribution in [3.8, 4) is 5.69 Å². The van der Waals surface area contributed by atoms with Crippen LogP contribution in [0, 0.1) is 6.92 Å². The summed E-state index contributed by atoms with van der Waals surface area (Å²) in [6.45, 7) is 3.83. The zero-order valence-electron chi connectivity index (χ0n) is 14.5. The number of para-hydroxylation sites is 1. The highest BCUT2D eigenvalue weighted by molar-refractivity contribution is 5.94. The van der Waals surface area contributed by atoms with Crippen molar-refractivity contribution >= 4 is 18.3 Å². The molecule has 25 heavy (non-hydrogen) atoms. The van der Waals surface area contributed by atoms with E-state index in [9.17, 15) is 4.79 Å². The second-order valence-electron chi connectivity index (χ2n) is 6.83. The van der Waals surface area contributed by atoms with Crippen LogP contribution in [-0.2, 0) is 12.8 Å². The SMILES string of the molecule is Cc1ccccc1-n1nc(C(=O)NCC2CCCN2)c2c1CCC2.Cl. The summed E-state index contributed by atoms with van der Waals surface area (Å²) in [5.74, 6) is -0.0332. The molecule has 0 spiro atoms. The van der Waals surface area contributed by atoms with E-state index in [1.54, 1.807) is 0 Å². The van der Waals surface area contributed by atoms with Crippen LogP contribution in [0.5, 0.6) is 0 Å². The maximum Gasteiger partial charge on any atom is 0.272 e. The first kappa shape index (κ1) is 18.0. The molecule has 1 fully saturated rings. The monoisotopic (exact) mass is 360 g/mol. The average molecular weight is 361 g/mol. The minimum atomic E-state index is -0.0332. The van der Waals surface area contributed by atoms with E-state index in [4.69, 9.17) is 5.10 Å². The largest absolute Gasteiger partial charge is 0.349 e. The number of amides is 1. The fraction of sp³-hybridized carbons (Fsp3) is 0.474. The van der Waals surface area contributed by atoms with Gasteiger partial charge in [-0.1, -0.05) is 18.2 Å². The molecular formula is C19H25ClN4O. The molecule has 2 aromatic rings. The van der Waals surface area contributed by atoms with Gasteiger partial charge in [-0.05, 0) is 57.2 Å². The van der Waals surface area contributed by atoms with E-state index in [2.05, 4.69) is 29.7 Å². The predicted octanol–water partition coefficient (Wildman–Crippen LogP) is 2.57. The first-order valence-corrected chi connectivity index (χ1v) is 8.92. The summed E-state index contributed by atoms with van der Waals surface area (Å²) in [5, 5.41) is 11.2. The lowest BCUT2D eigenvalue weighted by Crippen LogP contribution is -2.37. The summed E-state index contributed by atoms with van der Waals surface area (Å²) >= 11 is 0. The lowest BCUT2D eigenvalue weighted by molar-refractivity contribution is 0.0944. The molecular weight excluding hydrogens is 336 g/mol. The summed E-state index contributed by atoms with van der Waals surface area (Å²) in [6, 6.07) is 8.62. The molecule has 2 aliphatic rings. The van der Waals surface area contributed by atoms with Crippen molar-refractivity contribution in [2.75, 3.05) is 13.1 Å². The molecule has 6 heteroatoms. The van der Waals surface area contributed by atoms with Crippen LogP contribution in [0.2, 0.25) is 0 Å². The molecule has 1 saturated heterocycles. The summed E-state index contributed by atoms with van der Waals surface area (Å²) in [5.41, 5.74) is 5.20. The minimum absolute atomic E-state index is 0. The van der Waals surface area contributed by atoms with E-state index in [-0.39, 0.29) is 18.3 Å². The van der Waals surface area contributed by atoms with Crippen LogP contribution in [0.4, 0.5) is 0 Å². The van der Waals surface area contributed by atoms with Crippen molar-refractivity contribution in [3.05, 3.63) is 46.8 Å². The maximum atomic E-state index is 12.7. The maximum absolute atomic E-state index is 12.7. The third kappa shape index (κ3) is 3.44. The van der Waals surface area contributed by atoms with E-state index in [0.29, 0.717) is 18.3 Å². The molecule has 5 nitrogen and oxygen atoms in total. The Morgan fingerprint density at radius 1 is 1.32 bits per heavy atom. The van der Waals surface area contributed by atoms with Crippen LogP contribution in [0.1, 0.15) is 46.6 Å². The summed E-state index contributed by atoms with van der Waals surface area (Å²) in [4.78, 5) is 12.7. The number of rotatable bonds is 4. The molecule has 0 bridgehead atoms. The van der Waals surface area contributed by atoms with Gasteiger partial charge in [0.25, 0.3) is 5.91 Å². The van der Waals surface area contributed by atoms with Gasteiger partial charge in [0.1, 0.15) is 0 Å². The zero-order chi connectivity index (χ0) is 16.5. The van der Waals surface area contributed by atoms with Crippen LogP contribution in [0.3, 0.4) is 0 Å². The first-order chi connectivity index (χ1) is 11.7. The lowest BCUT2D eigenvalue weighted by Gasteiger charge is -2.11. The number of carbonyl (C=O) groups is 1. The Hall–Kier alpha value is -1.85. The number of hydrogen-bond acceptors (Lipinski definition) is 3. The minimum Gasteiger partial charge on any atom is -0.349 e. The Morgan fingerprint density at radius 2 is 2.16 bits per heavy atom. The molecule has 2 N–H and O–H groups in total. The van der Waals surface area contributed by atoms with Crippen molar-refractivity contribution in [2.45, 2.75) is 45.1 Å². The number of aromatic nitrogens is 2. The van der Waals surface area contributed by atoms with Crippen molar-refractivity contribution in [1.82, 2.24) is 20.4 Å². The van der Waals surface area contributed by atoms with Gasteiger partial charge in [0, 0.05) is 23.8 Å². The Balaban J connectivity index is 0.00000182. The van der Waals surface area contributed by atoms with E-state index >= 15 is 0 Å². The Morgan fingerprint density at radius 3 is 2.92 bits per heavy atom. The Labute approximate surface area is 154 Å². The smallest absolute Gasteiger partial charge is 0.272 e. The van der Waals surface area contributed by atoms with Gasteiger partial charge >= 0.3 is 0 Å². The van der Waals surface area contributed by atoms with Crippen LogP contribution in [0.15, 0.2) is 24.3 Å². The van der Waals surface area contributed by atoms with Gasteiger partial charge < -0.3 is 10.6 Å². The zero-order valence-corrected chi connectivity index (χ0v) is 15.4. The number of nitrogens with zero attached hydrogens (tertiary/aromatic N) is 2. The van der Waals surface area contributed by atoms with E-state index in [0.717, 1.165) is 43.5 Å². The van der Waals surface area contributed by atoms with Gasteiger partial charge in [0.05, 0.1) is 5.69 Å². The molecule has 1 amide bonds. The topological polar surface area (TPSA) is 59.0 Å². The number of benzene rings is 1. The third-order valence-electron chi connectivity index (χ3n) is 5.16. The molecule has 2 heterocycles. The van der Waals surface area contributed by atoms with E-state index in [1.807, 2.05) is 16.8 Å². The summed E-state index contributed by atoms with van der Waals surface area (Å²) in [6.07, 6.45) is 5.37. The number of nitrogens with one attached hydrogen (secondary N) is 2. The van der Waals surface area contributed by atoms with Gasteiger partial charge in [-0.3, -0.25) is 4.79 Å². The normalized spacial score (nSPS) is 18.7.